The van der Waals surface area contributed by atoms with Crippen molar-refractivity contribution in [2.24, 2.45) is 0 Å². The molecule has 0 atom stereocenters. The molecule has 0 radical (unpaired) electrons. The fourth-order valence-corrected chi connectivity index (χ4v) is 3.86. The molecule has 4 aromatic rings. The number of nitrogens with one attached hydrogen (secondary N) is 1. The second-order valence-corrected chi connectivity index (χ2v) is 7.85. The number of aromatic nitrogens is 6. The Morgan fingerprint density at radius 1 is 1.03 bits per heavy atom. The van der Waals surface area contributed by atoms with Gasteiger partial charge in [-0.25, -0.2) is 9.67 Å². The Hall–Kier alpha value is -3.20. The lowest BCUT2D eigenvalue weighted by molar-refractivity contribution is -0.113. The third-order valence-corrected chi connectivity index (χ3v) is 5.30. The molecule has 3 heterocycles. The van der Waals surface area contributed by atoms with E-state index in [1.54, 1.807) is 4.68 Å². The first-order chi connectivity index (χ1) is 13.9. The maximum absolute atomic E-state index is 12.6. The van der Waals surface area contributed by atoms with Crippen LogP contribution in [0.25, 0.3) is 11.5 Å². The van der Waals surface area contributed by atoms with Gasteiger partial charge in [0.1, 0.15) is 5.82 Å². The van der Waals surface area contributed by atoms with Gasteiger partial charge in [-0.05, 0) is 45.9 Å². The molecule has 0 aliphatic carbocycles. The van der Waals surface area contributed by atoms with E-state index in [-0.39, 0.29) is 11.7 Å². The third kappa shape index (κ3) is 4.00. The van der Waals surface area contributed by atoms with Crippen molar-refractivity contribution in [3.63, 3.8) is 0 Å². The molecular weight excluding hydrogens is 386 g/mol. The molecular formula is C20H21N7OS. The first-order valence-electron chi connectivity index (χ1n) is 9.16. The zero-order valence-electron chi connectivity index (χ0n) is 16.7. The second kappa shape index (κ2) is 7.67. The predicted molar refractivity (Wildman–Crippen MR) is 113 cm³/mol. The number of aryl methyl sites for hydroxylation is 4. The quantitative estimate of drug-likeness (QED) is 0.511. The van der Waals surface area contributed by atoms with Crippen molar-refractivity contribution in [3.8, 4) is 5.69 Å². The van der Waals surface area contributed by atoms with Gasteiger partial charge in [-0.15, -0.1) is 10.2 Å². The van der Waals surface area contributed by atoms with E-state index in [1.165, 1.54) is 17.3 Å². The summed E-state index contributed by atoms with van der Waals surface area (Å²) in [6, 6.07) is 11.8. The minimum absolute atomic E-state index is 0.141. The second-order valence-electron chi connectivity index (χ2n) is 6.91. The lowest BCUT2D eigenvalue weighted by atomic mass is 10.2. The number of amides is 1. The zero-order chi connectivity index (χ0) is 20.5. The number of nitrogens with zero attached hydrogens (tertiary/aromatic N) is 6. The van der Waals surface area contributed by atoms with Crippen LogP contribution in [0.15, 0.2) is 41.6 Å². The maximum Gasteiger partial charge on any atom is 0.256 e. The van der Waals surface area contributed by atoms with Crippen LogP contribution in [0.2, 0.25) is 0 Å². The molecule has 0 spiro atoms. The van der Waals surface area contributed by atoms with Crippen molar-refractivity contribution in [2.75, 3.05) is 11.1 Å². The SMILES string of the molecule is Cc1ccc(-n2nc(C)cc2NC(=O)CSc2nnc3nc(C)cc(C)n23)cc1. The summed E-state index contributed by atoms with van der Waals surface area (Å²) in [7, 11) is 0. The first kappa shape index (κ1) is 19.1. The summed E-state index contributed by atoms with van der Waals surface area (Å²) in [5.74, 6) is 1.24. The van der Waals surface area contributed by atoms with Crippen LogP contribution in [0.4, 0.5) is 5.82 Å². The van der Waals surface area contributed by atoms with E-state index in [0.717, 1.165) is 22.8 Å². The molecule has 0 aliphatic heterocycles. The number of carbonyl (C=O) groups excluding carboxylic acids is 1. The van der Waals surface area contributed by atoms with Crippen molar-refractivity contribution in [2.45, 2.75) is 32.9 Å². The van der Waals surface area contributed by atoms with Crippen molar-refractivity contribution >= 4 is 29.3 Å². The summed E-state index contributed by atoms with van der Waals surface area (Å²) in [5, 5.41) is 16.4. The van der Waals surface area contributed by atoms with Gasteiger partial charge in [-0.1, -0.05) is 29.5 Å². The summed E-state index contributed by atoms with van der Waals surface area (Å²) in [4.78, 5) is 17.0. The molecule has 4 rings (SSSR count). The molecule has 0 bridgehead atoms. The molecule has 9 heteroatoms. The van der Waals surface area contributed by atoms with E-state index in [2.05, 4.69) is 25.6 Å². The number of rotatable bonds is 5. The Bertz CT molecular complexity index is 1190. The van der Waals surface area contributed by atoms with E-state index >= 15 is 0 Å². The van der Waals surface area contributed by atoms with Gasteiger partial charge in [-0.3, -0.25) is 9.20 Å². The van der Waals surface area contributed by atoms with Crippen LogP contribution in [0, 0.1) is 27.7 Å². The lowest BCUT2D eigenvalue weighted by Gasteiger charge is -2.09. The molecule has 0 saturated carbocycles. The van der Waals surface area contributed by atoms with Gasteiger partial charge in [0, 0.05) is 17.5 Å². The summed E-state index contributed by atoms with van der Waals surface area (Å²) < 4.78 is 3.59. The van der Waals surface area contributed by atoms with E-state index < -0.39 is 0 Å². The molecule has 8 nitrogen and oxygen atoms in total. The highest BCUT2D eigenvalue weighted by molar-refractivity contribution is 7.99. The minimum Gasteiger partial charge on any atom is -0.310 e. The van der Waals surface area contributed by atoms with Gasteiger partial charge in [0.25, 0.3) is 5.78 Å². The fourth-order valence-electron chi connectivity index (χ4n) is 3.07. The van der Waals surface area contributed by atoms with Gasteiger partial charge in [0.05, 0.1) is 17.1 Å². The number of thioether (sulfide) groups is 1. The topological polar surface area (TPSA) is 90.0 Å². The van der Waals surface area contributed by atoms with Crippen LogP contribution in [0.5, 0.6) is 0 Å². The highest BCUT2D eigenvalue weighted by atomic mass is 32.2. The van der Waals surface area contributed by atoms with Gasteiger partial charge in [0.15, 0.2) is 5.16 Å². The number of hydrogen-bond acceptors (Lipinski definition) is 6. The molecule has 0 saturated heterocycles. The molecule has 1 aromatic carbocycles. The van der Waals surface area contributed by atoms with Gasteiger partial charge < -0.3 is 5.32 Å². The Labute approximate surface area is 172 Å². The Kier molecular flexibility index (Phi) is 5.06. The van der Waals surface area contributed by atoms with Crippen LogP contribution >= 0.6 is 11.8 Å². The molecule has 3 aromatic heterocycles. The summed E-state index contributed by atoms with van der Waals surface area (Å²) in [5.41, 5.74) is 4.76. The molecule has 0 aliphatic rings. The van der Waals surface area contributed by atoms with Crippen molar-refractivity contribution < 1.29 is 4.79 Å². The van der Waals surface area contributed by atoms with Crippen LogP contribution < -0.4 is 5.32 Å². The van der Waals surface area contributed by atoms with Crippen LogP contribution in [0.1, 0.15) is 22.6 Å². The van der Waals surface area contributed by atoms with Crippen LogP contribution in [-0.2, 0) is 4.79 Å². The number of carbonyl (C=O) groups is 1. The molecule has 1 N–H and O–H groups in total. The summed E-state index contributed by atoms with van der Waals surface area (Å²) in [6.07, 6.45) is 0. The molecule has 29 heavy (non-hydrogen) atoms. The van der Waals surface area contributed by atoms with Crippen LogP contribution in [-0.4, -0.2) is 41.0 Å². The number of anilines is 1. The monoisotopic (exact) mass is 407 g/mol. The lowest BCUT2D eigenvalue weighted by Crippen LogP contribution is -2.17. The van der Waals surface area contributed by atoms with E-state index in [4.69, 9.17) is 0 Å². The Morgan fingerprint density at radius 2 is 1.79 bits per heavy atom. The van der Waals surface area contributed by atoms with Gasteiger partial charge in [0.2, 0.25) is 5.91 Å². The fraction of sp³-hybridized carbons (Fsp3) is 0.250. The average molecular weight is 408 g/mol. The standard InChI is InChI=1S/C20H21N7OS/c1-12-5-7-16(8-6-12)27-17(10-14(3)25-27)22-18(28)11-29-20-24-23-19-21-13(2)9-15(4)26(19)20/h5-10H,11H2,1-4H3,(H,22,28). The number of fused-ring (bicyclic) bond motifs is 1. The third-order valence-electron chi connectivity index (χ3n) is 4.37. The highest BCUT2D eigenvalue weighted by Crippen LogP contribution is 2.21. The maximum atomic E-state index is 12.6. The smallest absolute Gasteiger partial charge is 0.256 e. The predicted octanol–water partition coefficient (Wildman–Crippen LogP) is 3.27. The van der Waals surface area contributed by atoms with Crippen LogP contribution in [0.3, 0.4) is 0 Å². The first-order valence-corrected chi connectivity index (χ1v) is 10.1. The number of benzene rings is 1. The minimum atomic E-state index is -0.141. The zero-order valence-corrected chi connectivity index (χ0v) is 17.5. The molecule has 1 amide bonds. The molecule has 148 valence electrons. The highest BCUT2D eigenvalue weighted by Gasteiger charge is 2.15. The summed E-state index contributed by atoms with van der Waals surface area (Å²) in [6.45, 7) is 7.82. The van der Waals surface area contributed by atoms with E-state index in [1.807, 2.05) is 68.5 Å². The Balaban J connectivity index is 1.49. The van der Waals surface area contributed by atoms with Crippen molar-refractivity contribution in [3.05, 3.63) is 59.0 Å². The summed E-state index contributed by atoms with van der Waals surface area (Å²) >= 11 is 1.32. The Morgan fingerprint density at radius 3 is 2.55 bits per heavy atom. The number of hydrogen-bond donors (Lipinski definition) is 1. The average Bonchev–Trinajstić information content (AvgIpc) is 3.24. The van der Waals surface area contributed by atoms with Gasteiger partial charge >= 0.3 is 0 Å². The van der Waals surface area contributed by atoms with Crippen molar-refractivity contribution in [1.82, 2.24) is 29.4 Å². The van der Waals surface area contributed by atoms with E-state index in [0.29, 0.717) is 16.8 Å². The van der Waals surface area contributed by atoms with E-state index in [9.17, 15) is 4.79 Å². The molecule has 0 unspecified atom stereocenters. The van der Waals surface area contributed by atoms with Crippen molar-refractivity contribution in [1.29, 1.82) is 0 Å². The largest absolute Gasteiger partial charge is 0.310 e. The molecule has 0 fully saturated rings. The van der Waals surface area contributed by atoms with Gasteiger partial charge in [-0.2, -0.15) is 5.10 Å². The normalized spacial score (nSPS) is 11.2.